The Balaban J connectivity index is 2.11. The van der Waals surface area contributed by atoms with Crippen LogP contribution in [0.4, 0.5) is 0 Å². The summed E-state index contributed by atoms with van der Waals surface area (Å²) < 4.78 is 10.6. The highest BCUT2D eigenvalue weighted by molar-refractivity contribution is 5.89. The zero-order chi connectivity index (χ0) is 13.5. The van der Waals surface area contributed by atoms with Gasteiger partial charge in [-0.3, -0.25) is 0 Å². The van der Waals surface area contributed by atoms with Gasteiger partial charge in [-0.15, -0.1) is 0 Å². The average molecular weight is 256 g/mol. The number of benzene rings is 2. The Morgan fingerprint density at radius 3 is 2.16 bits per heavy atom. The zero-order valence-electron chi connectivity index (χ0n) is 10.8. The predicted molar refractivity (Wildman–Crippen MR) is 72.9 cm³/mol. The lowest BCUT2D eigenvalue weighted by Crippen LogP contribution is -2.16. The van der Waals surface area contributed by atoms with E-state index in [1.807, 2.05) is 48.5 Å². The van der Waals surface area contributed by atoms with Crippen LogP contribution in [0.2, 0.25) is 0 Å². The lowest BCUT2D eigenvalue weighted by Gasteiger charge is -2.17. The largest absolute Gasteiger partial charge is 0.451 e. The SMILES string of the molecule is COCC(OC(=O)c1ccccc1)c1ccccc1. The molecule has 3 heteroatoms. The van der Waals surface area contributed by atoms with Crippen LogP contribution in [-0.2, 0) is 9.47 Å². The van der Waals surface area contributed by atoms with Crippen molar-refractivity contribution in [2.24, 2.45) is 0 Å². The summed E-state index contributed by atoms with van der Waals surface area (Å²) in [6.45, 7) is 0.336. The van der Waals surface area contributed by atoms with Gasteiger partial charge in [-0.25, -0.2) is 4.79 Å². The monoisotopic (exact) mass is 256 g/mol. The Hall–Kier alpha value is -2.13. The van der Waals surface area contributed by atoms with Gasteiger partial charge in [0.1, 0.15) is 0 Å². The van der Waals surface area contributed by atoms with Gasteiger partial charge in [0.25, 0.3) is 0 Å². The van der Waals surface area contributed by atoms with Crippen LogP contribution in [0, 0.1) is 0 Å². The first-order chi connectivity index (χ1) is 9.31. The third kappa shape index (κ3) is 3.66. The Bertz CT molecular complexity index is 508. The van der Waals surface area contributed by atoms with Gasteiger partial charge < -0.3 is 9.47 Å². The molecule has 2 aromatic carbocycles. The van der Waals surface area contributed by atoms with E-state index in [1.54, 1.807) is 19.2 Å². The number of hydrogen-bond donors (Lipinski definition) is 0. The van der Waals surface area contributed by atoms with E-state index in [9.17, 15) is 4.79 Å². The molecule has 0 aliphatic heterocycles. The maximum Gasteiger partial charge on any atom is 0.338 e. The highest BCUT2D eigenvalue weighted by atomic mass is 16.6. The van der Waals surface area contributed by atoms with E-state index in [1.165, 1.54) is 0 Å². The minimum absolute atomic E-state index is 0.336. The van der Waals surface area contributed by atoms with Gasteiger partial charge in [0, 0.05) is 7.11 Å². The molecule has 0 spiro atoms. The molecule has 0 aliphatic rings. The normalized spacial score (nSPS) is 11.8. The second-order valence-corrected chi connectivity index (χ2v) is 4.13. The van der Waals surface area contributed by atoms with Crippen molar-refractivity contribution in [3.8, 4) is 0 Å². The molecular formula is C16H16O3. The maximum atomic E-state index is 12.0. The van der Waals surface area contributed by atoms with Gasteiger partial charge in [-0.05, 0) is 17.7 Å². The van der Waals surface area contributed by atoms with Crippen LogP contribution >= 0.6 is 0 Å². The molecule has 98 valence electrons. The van der Waals surface area contributed by atoms with Gasteiger partial charge >= 0.3 is 5.97 Å². The standard InChI is InChI=1S/C16H16O3/c1-18-12-15(13-8-4-2-5-9-13)19-16(17)14-10-6-3-7-11-14/h2-11,15H,12H2,1H3. The molecule has 1 unspecified atom stereocenters. The van der Waals surface area contributed by atoms with E-state index >= 15 is 0 Å². The Morgan fingerprint density at radius 2 is 1.58 bits per heavy atom. The molecule has 0 aliphatic carbocycles. The molecule has 0 N–H and O–H groups in total. The van der Waals surface area contributed by atoms with Gasteiger partial charge in [0.05, 0.1) is 12.2 Å². The summed E-state index contributed by atoms with van der Waals surface area (Å²) in [6, 6.07) is 18.5. The van der Waals surface area contributed by atoms with Crippen LogP contribution in [0.15, 0.2) is 60.7 Å². The first kappa shape index (κ1) is 13.3. The third-order valence-electron chi connectivity index (χ3n) is 2.75. The number of rotatable bonds is 5. The summed E-state index contributed by atoms with van der Waals surface area (Å²) in [5.41, 5.74) is 1.47. The number of ether oxygens (including phenoxy) is 2. The minimum atomic E-state index is -0.390. The van der Waals surface area contributed by atoms with Crippen molar-refractivity contribution >= 4 is 5.97 Å². The van der Waals surface area contributed by atoms with E-state index in [-0.39, 0.29) is 12.1 Å². The number of hydrogen-bond acceptors (Lipinski definition) is 3. The van der Waals surface area contributed by atoms with Gasteiger partial charge in [-0.2, -0.15) is 0 Å². The van der Waals surface area contributed by atoms with Gasteiger partial charge in [0.15, 0.2) is 6.10 Å². The quantitative estimate of drug-likeness (QED) is 0.770. The molecule has 19 heavy (non-hydrogen) atoms. The smallest absolute Gasteiger partial charge is 0.338 e. The van der Waals surface area contributed by atoms with Crippen molar-refractivity contribution < 1.29 is 14.3 Å². The molecule has 0 radical (unpaired) electrons. The topological polar surface area (TPSA) is 35.5 Å². The Kier molecular flexibility index (Phi) is 4.70. The van der Waals surface area contributed by atoms with Gasteiger partial charge in [0.2, 0.25) is 0 Å². The lowest BCUT2D eigenvalue weighted by atomic mass is 10.1. The number of methoxy groups -OCH3 is 1. The summed E-state index contributed by atoms with van der Waals surface area (Å²) in [5, 5.41) is 0. The minimum Gasteiger partial charge on any atom is -0.451 e. The van der Waals surface area contributed by atoms with E-state index in [0.29, 0.717) is 12.2 Å². The van der Waals surface area contributed by atoms with Crippen molar-refractivity contribution in [2.75, 3.05) is 13.7 Å². The Labute approximate surface area is 112 Å². The first-order valence-corrected chi connectivity index (χ1v) is 6.11. The molecule has 2 aromatic rings. The van der Waals surface area contributed by atoms with Crippen LogP contribution in [0.3, 0.4) is 0 Å². The number of carbonyl (C=O) groups is 1. The molecule has 0 saturated heterocycles. The van der Waals surface area contributed by atoms with Crippen molar-refractivity contribution in [1.82, 2.24) is 0 Å². The van der Waals surface area contributed by atoms with Crippen molar-refractivity contribution in [1.29, 1.82) is 0 Å². The molecule has 2 rings (SSSR count). The summed E-state index contributed by atoms with van der Waals surface area (Å²) >= 11 is 0. The molecule has 0 saturated carbocycles. The van der Waals surface area contributed by atoms with E-state index in [0.717, 1.165) is 5.56 Å². The highest BCUT2D eigenvalue weighted by Gasteiger charge is 2.17. The molecule has 0 aromatic heterocycles. The molecule has 0 amide bonds. The Morgan fingerprint density at radius 1 is 1.00 bits per heavy atom. The fourth-order valence-electron chi connectivity index (χ4n) is 1.79. The summed E-state index contributed by atoms with van der Waals surface area (Å²) in [4.78, 5) is 12.0. The van der Waals surface area contributed by atoms with E-state index < -0.39 is 0 Å². The van der Waals surface area contributed by atoms with Crippen LogP contribution in [0.1, 0.15) is 22.0 Å². The van der Waals surface area contributed by atoms with Crippen LogP contribution < -0.4 is 0 Å². The predicted octanol–water partition coefficient (Wildman–Crippen LogP) is 3.23. The first-order valence-electron chi connectivity index (χ1n) is 6.11. The van der Waals surface area contributed by atoms with Crippen molar-refractivity contribution in [3.63, 3.8) is 0 Å². The molecular weight excluding hydrogens is 240 g/mol. The lowest BCUT2D eigenvalue weighted by molar-refractivity contribution is 0.00495. The summed E-state index contributed by atoms with van der Waals surface area (Å²) in [6.07, 6.45) is -0.390. The van der Waals surface area contributed by atoms with Crippen LogP contribution in [0.25, 0.3) is 0 Å². The fraction of sp³-hybridized carbons (Fsp3) is 0.188. The molecule has 0 heterocycles. The molecule has 0 fully saturated rings. The molecule has 1 atom stereocenters. The second-order valence-electron chi connectivity index (χ2n) is 4.13. The summed E-state index contributed by atoms with van der Waals surface area (Å²) in [5.74, 6) is -0.341. The number of carbonyl (C=O) groups excluding carboxylic acids is 1. The molecule has 3 nitrogen and oxygen atoms in total. The number of esters is 1. The fourth-order valence-corrected chi connectivity index (χ4v) is 1.79. The summed E-state index contributed by atoms with van der Waals surface area (Å²) in [7, 11) is 1.59. The average Bonchev–Trinajstić information content (AvgIpc) is 2.48. The van der Waals surface area contributed by atoms with Crippen molar-refractivity contribution in [2.45, 2.75) is 6.10 Å². The second kappa shape index (κ2) is 6.71. The highest BCUT2D eigenvalue weighted by Crippen LogP contribution is 2.19. The maximum absolute atomic E-state index is 12.0. The zero-order valence-corrected chi connectivity index (χ0v) is 10.8. The van der Waals surface area contributed by atoms with Crippen LogP contribution in [0.5, 0.6) is 0 Å². The van der Waals surface area contributed by atoms with Gasteiger partial charge in [-0.1, -0.05) is 48.5 Å². The third-order valence-corrected chi connectivity index (χ3v) is 2.75. The molecule has 0 bridgehead atoms. The van der Waals surface area contributed by atoms with E-state index in [4.69, 9.17) is 9.47 Å². The van der Waals surface area contributed by atoms with Crippen molar-refractivity contribution in [3.05, 3.63) is 71.8 Å². The van der Waals surface area contributed by atoms with E-state index in [2.05, 4.69) is 0 Å². The van der Waals surface area contributed by atoms with Crippen LogP contribution in [-0.4, -0.2) is 19.7 Å².